The maximum atomic E-state index is 12.5. The zero-order valence-corrected chi connectivity index (χ0v) is 9.62. The minimum atomic E-state index is -4.54. The van der Waals surface area contributed by atoms with Crippen molar-refractivity contribution in [3.05, 3.63) is 28.8 Å². The van der Waals surface area contributed by atoms with Gasteiger partial charge in [-0.2, -0.15) is 13.2 Å². The van der Waals surface area contributed by atoms with Crippen LogP contribution in [0.4, 0.5) is 18.9 Å². The van der Waals surface area contributed by atoms with Gasteiger partial charge < -0.3 is 10.6 Å². The van der Waals surface area contributed by atoms with E-state index in [1.807, 2.05) is 0 Å². The average Bonchev–Trinajstić information content (AvgIpc) is 2.19. The van der Waals surface area contributed by atoms with E-state index in [0.717, 1.165) is 12.1 Å². The van der Waals surface area contributed by atoms with Gasteiger partial charge in [0.05, 0.1) is 17.1 Å². The highest BCUT2D eigenvalue weighted by molar-refractivity contribution is 6.31. The molecular weight excluding hydrogens is 257 g/mol. The minimum absolute atomic E-state index is 0.0178. The molecule has 0 aliphatic rings. The van der Waals surface area contributed by atoms with Gasteiger partial charge in [-0.3, -0.25) is 4.79 Å². The lowest BCUT2D eigenvalue weighted by molar-refractivity contribution is -0.137. The molecule has 1 rings (SSSR count). The number of nitrogens with one attached hydrogen (secondary N) is 2. The molecule has 3 nitrogen and oxygen atoms in total. The van der Waals surface area contributed by atoms with Crippen molar-refractivity contribution in [3.63, 3.8) is 0 Å². The number of anilines is 1. The maximum Gasteiger partial charge on any atom is 0.417 e. The summed E-state index contributed by atoms with van der Waals surface area (Å²) in [6, 6.07) is 3.21. The fourth-order valence-corrected chi connectivity index (χ4v) is 1.41. The molecule has 0 aliphatic carbocycles. The first-order valence-corrected chi connectivity index (χ1v) is 5.03. The maximum absolute atomic E-state index is 12.5. The summed E-state index contributed by atoms with van der Waals surface area (Å²) in [5.41, 5.74) is -0.914. The lowest BCUT2D eigenvalue weighted by Crippen LogP contribution is -2.25. The van der Waals surface area contributed by atoms with E-state index in [-0.39, 0.29) is 12.2 Å². The van der Waals surface area contributed by atoms with Gasteiger partial charge in [-0.15, -0.1) is 0 Å². The Morgan fingerprint density at radius 2 is 2.06 bits per heavy atom. The number of amides is 1. The zero-order chi connectivity index (χ0) is 13.1. The van der Waals surface area contributed by atoms with E-state index in [4.69, 9.17) is 11.6 Å². The monoisotopic (exact) mass is 266 g/mol. The van der Waals surface area contributed by atoms with Crippen molar-refractivity contribution in [1.29, 1.82) is 0 Å². The van der Waals surface area contributed by atoms with Gasteiger partial charge in [0.2, 0.25) is 5.91 Å². The molecule has 0 heterocycles. The second-order valence-corrected chi connectivity index (χ2v) is 3.68. The topological polar surface area (TPSA) is 41.1 Å². The van der Waals surface area contributed by atoms with Gasteiger partial charge in [-0.25, -0.2) is 0 Å². The van der Waals surface area contributed by atoms with Crippen molar-refractivity contribution >= 4 is 23.2 Å². The Kier molecular flexibility index (Phi) is 4.36. The fraction of sp³-hybridized carbons (Fsp3) is 0.300. The number of rotatable bonds is 3. The van der Waals surface area contributed by atoms with Gasteiger partial charge in [0, 0.05) is 5.69 Å². The summed E-state index contributed by atoms with van der Waals surface area (Å²) in [5, 5.41) is 4.51. The molecule has 0 aromatic heterocycles. The molecule has 94 valence electrons. The molecule has 0 saturated carbocycles. The van der Waals surface area contributed by atoms with Crippen LogP contribution in [0.1, 0.15) is 5.56 Å². The van der Waals surface area contributed by atoms with Crippen LogP contribution < -0.4 is 10.6 Å². The smallest absolute Gasteiger partial charge is 0.325 e. The highest BCUT2D eigenvalue weighted by atomic mass is 35.5. The van der Waals surface area contributed by atoms with Gasteiger partial charge >= 0.3 is 6.18 Å². The predicted octanol–water partition coefficient (Wildman–Crippen LogP) is 2.52. The van der Waals surface area contributed by atoms with Crippen molar-refractivity contribution in [3.8, 4) is 0 Å². The van der Waals surface area contributed by atoms with Crippen molar-refractivity contribution in [1.82, 2.24) is 5.32 Å². The summed E-state index contributed by atoms with van der Waals surface area (Å²) < 4.78 is 37.5. The van der Waals surface area contributed by atoms with Crippen molar-refractivity contribution < 1.29 is 18.0 Å². The molecule has 1 aromatic rings. The molecule has 0 aliphatic heterocycles. The van der Waals surface area contributed by atoms with E-state index in [1.54, 1.807) is 7.05 Å². The summed E-state index contributed by atoms with van der Waals surface area (Å²) >= 11 is 5.43. The van der Waals surface area contributed by atoms with Gasteiger partial charge in [-0.05, 0) is 25.2 Å². The van der Waals surface area contributed by atoms with Gasteiger partial charge in [-0.1, -0.05) is 11.6 Å². The first-order chi connectivity index (χ1) is 7.84. The number of benzene rings is 1. The molecule has 0 bridgehead atoms. The number of carbonyl (C=O) groups is 1. The normalized spacial score (nSPS) is 11.4. The molecule has 0 saturated heterocycles. The lowest BCUT2D eigenvalue weighted by Gasteiger charge is -2.11. The summed E-state index contributed by atoms with van der Waals surface area (Å²) in [7, 11) is 1.56. The molecule has 0 unspecified atom stereocenters. The fourth-order valence-electron chi connectivity index (χ4n) is 1.19. The van der Waals surface area contributed by atoms with Gasteiger partial charge in [0.25, 0.3) is 0 Å². The number of alkyl halides is 3. The van der Waals surface area contributed by atoms with E-state index in [0.29, 0.717) is 0 Å². The Labute approximate surface area is 101 Å². The molecule has 1 aromatic carbocycles. The number of hydrogen-bond acceptors (Lipinski definition) is 2. The van der Waals surface area contributed by atoms with E-state index < -0.39 is 22.7 Å². The summed E-state index contributed by atoms with van der Waals surface area (Å²) in [6.07, 6.45) is -4.54. The highest BCUT2D eigenvalue weighted by Gasteiger charge is 2.33. The largest absolute Gasteiger partial charge is 0.417 e. The Bertz CT molecular complexity index is 421. The standard InChI is InChI=1S/C10H10ClF3N2O/c1-15-5-9(17)16-6-2-3-8(11)7(4-6)10(12,13)14/h2-4,15H,5H2,1H3,(H,16,17). The summed E-state index contributed by atoms with van der Waals surface area (Å²) in [4.78, 5) is 11.2. The first kappa shape index (κ1) is 13.8. The first-order valence-electron chi connectivity index (χ1n) is 4.66. The van der Waals surface area contributed by atoms with Crippen LogP contribution in [-0.4, -0.2) is 19.5 Å². The molecule has 17 heavy (non-hydrogen) atoms. The zero-order valence-electron chi connectivity index (χ0n) is 8.86. The molecule has 0 atom stereocenters. The van der Waals surface area contributed by atoms with Crippen molar-refractivity contribution in [2.75, 3.05) is 18.9 Å². The predicted molar refractivity (Wildman–Crippen MR) is 59.0 cm³/mol. The molecule has 0 radical (unpaired) electrons. The van der Waals surface area contributed by atoms with E-state index in [2.05, 4.69) is 10.6 Å². The Balaban J connectivity index is 2.93. The number of halogens is 4. The van der Waals surface area contributed by atoms with Crippen LogP contribution in [0.25, 0.3) is 0 Å². The van der Waals surface area contributed by atoms with Gasteiger partial charge in [0.1, 0.15) is 0 Å². The SMILES string of the molecule is CNCC(=O)Nc1ccc(Cl)c(C(F)(F)F)c1. The van der Waals surface area contributed by atoms with E-state index in [9.17, 15) is 18.0 Å². The van der Waals surface area contributed by atoms with Crippen LogP contribution in [0.3, 0.4) is 0 Å². The second kappa shape index (κ2) is 5.37. The average molecular weight is 267 g/mol. The number of hydrogen-bond donors (Lipinski definition) is 2. The highest BCUT2D eigenvalue weighted by Crippen LogP contribution is 2.36. The second-order valence-electron chi connectivity index (χ2n) is 3.27. The summed E-state index contributed by atoms with van der Waals surface area (Å²) in [6.45, 7) is 0.0178. The third-order valence-electron chi connectivity index (χ3n) is 1.89. The van der Waals surface area contributed by atoms with Crippen molar-refractivity contribution in [2.24, 2.45) is 0 Å². The number of carbonyl (C=O) groups excluding carboxylic acids is 1. The minimum Gasteiger partial charge on any atom is -0.325 e. The summed E-state index contributed by atoms with van der Waals surface area (Å²) in [5.74, 6) is -0.428. The van der Waals surface area contributed by atoms with Crippen LogP contribution >= 0.6 is 11.6 Å². The van der Waals surface area contributed by atoms with Crippen LogP contribution in [0.5, 0.6) is 0 Å². The third kappa shape index (κ3) is 3.90. The third-order valence-corrected chi connectivity index (χ3v) is 2.22. The molecule has 7 heteroatoms. The van der Waals surface area contributed by atoms with E-state index in [1.165, 1.54) is 6.07 Å². The van der Waals surface area contributed by atoms with E-state index >= 15 is 0 Å². The lowest BCUT2D eigenvalue weighted by atomic mass is 10.2. The molecule has 1 amide bonds. The Hall–Kier alpha value is -1.27. The van der Waals surface area contributed by atoms with Crippen LogP contribution in [0, 0.1) is 0 Å². The van der Waals surface area contributed by atoms with Crippen molar-refractivity contribution in [2.45, 2.75) is 6.18 Å². The van der Waals surface area contributed by atoms with Gasteiger partial charge in [0.15, 0.2) is 0 Å². The van der Waals surface area contributed by atoms with Crippen LogP contribution in [-0.2, 0) is 11.0 Å². The molecule has 2 N–H and O–H groups in total. The van der Waals surface area contributed by atoms with Crippen LogP contribution in [0.2, 0.25) is 5.02 Å². The van der Waals surface area contributed by atoms with Crippen LogP contribution in [0.15, 0.2) is 18.2 Å². The Morgan fingerprint density at radius 3 is 2.59 bits per heavy atom. The molecule has 0 fully saturated rings. The Morgan fingerprint density at radius 1 is 1.41 bits per heavy atom. The molecular formula is C10H10ClF3N2O. The molecule has 0 spiro atoms. The quantitative estimate of drug-likeness (QED) is 0.883. The number of likely N-dealkylation sites (N-methyl/N-ethyl adjacent to an activating group) is 1.